The Morgan fingerprint density at radius 3 is 2.26 bits per heavy atom. The highest BCUT2D eigenvalue weighted by molar-refractivity contribution is 7.89. The molecule has 0 fully saturated rings. The van der Waals surface area contributed by atoms with E-state index < -0.39 is 16.0 Å². The molecule has 0 aliphatic rings. The Kier molecular flexibility index (Phi) is 8.01. The van der Waals surface area contributed by atoms with Crippen LogP contribution < -0.4 is 0 Å². The van der Waals surface area contributed by atoms with Gasteiger partial charge in [0.15, 0.2) is 5.78 Å². The van der Waals surface area contributed by atoms with Gasteiger partial charge in [-0.15, -0.1) is 0 Å². The number of sulfonamides is 1. The molecule has 0 N–H and O–H groups in total. The molecule has 2 aromatic heterocycles. The van der Waals surface area contributed by atoms with Crippen molar-refractivity contribution in [3.63, 3.8) is 0 Å². The molecular weight excluding hydrogens is 454 g/mol. The molecular formula is C25H29N3O5S. The average molecular weight is 484 g/mol. The quantitative estimate of drug-likeness (QED) is 0.322. The van der Waals surface area contributed by atoms with Crippen LogP contribution in [-0.4, -0.2) is 47.2 Å². The molecule has 0 aliphatic carbocycles. The minimum Gasteiger partial charge on any atom is -0.461 e. The fourth-order valence-electron chi connectivity index (χ4n) is 4.06. The number of carbonyl (C=O) groups is 2. The van der Waals surface area contributed by atoms with E-state index in [1.165, 1.54) is 12.1 Å². The number of aromatic nitrogens is 2. The maximum Gasteiger partial charge on any atom is 0.355 e. The Morgan fingerprint density at radius 2 is 1.68 bits per heavy atom. The van der Waals surface area contributed by atoms with E-state index in [9.17, 15) is 18.0 Å². The Labute approximate surface area is 200 Å². The third-order valence-electron chi connectivity index (χ3n) is 5.64. The highest BCUT2D eigenvalue weighted by Gasteiger charge is 2.31. The zero-order chi connectivity index (χ0) is 24.9. The van der Waals surface area contributed by atoms with Gasteiger partial charge in [-0.05, 0) is 63.1 Å². The summed E-state index contributed by atoms with van der Waals surface area (Å²) in [6.07, 6.45) is 3.15. The molecule has 0 unspecified atom stereocenters. The Bertz CT molecular complexity index is 1270. The molecule has 3 aromatic rings. The van der Waals surface area contributed by atoms with Gasteiger partial charge in [0.1, 0.15) is 5.69 Å². The van der Waals surface area contributed by atoms with Crippen molar-refractivity contribution in [3.05, 3.63) is 82.9 Å². The second kappa shape index (κ2) is 10.8. The lowest BCUT2D eigenvalue weighted by Crippen LogP contribution is -2.35. The molecule has 0 radical (unpaired) electrons. The Balaban J connectivity index is 2.03. The van der Waals surface area contributed by atoms with Crippen LogP contribution in [0.15, 0.2) is 59.8 Å². The smallest absolute Gasteiger partial charge is 0.355 e. The fourth-order valence-corrected chi connectivity index (χ4v) is 5.47. The molecule has 34 heavy (non-hydrogen) atoms. The minimum atomic E-state index is -3.97. The summed E-state index contributed by atoms with van der Waals surface area (Å²) >= 11 is 0. The van der Waals surface area contributed by atoms with Crippen LogP contribution in [0, 0.1) is 13.8 Å². The van der Waals surface area contributed by atoms with E-state index in [2.05, 4.69) is 4.98 Å². The summed E-state index contributed by atoms with van der Waals surface area (Å²) < 4.78 is 35.0. The second-order valence-corrected chi connectivity index (χ2v) is 9.70. The molecule has 1 aromatic carbocycles. The molecule has 0 saturated carbocycles. The third kappa shape index (κ3) is 5.10. The maximum atomic E-state index is 13.5. The van der Waals surface area contributed by atoms with Gasteiger partial charge in [0.2, 0.25) is 10.0 Å². The van der Waals surface area contributed by atoms with Crippen molar-refractivity contribution in [2.75, 3.05) is 13.2 Å². The molecule has 2 heterocycles. The fraction of sp³-hybridized carbons (Fsp3) is 0.320. The first-order valence-electron chi connectivity index (χ1n) is 11.1. The van der Waals surface area contributed by atoms with Crippen LogP contribution in [0.4, 0.5) is 0 Å². The first-order chi connectivity index (χ1) is 16.2. The van der Waals surface area contributed by atoms with E-state index >= 15 is 0 Å². The van der Waals surface area contributed by atoms with Crippen LogP contribution in [0.3, 0.4) is 0 Å². The first-order valence-corrected chi connectivity index (χ1v) is 12.5. The largest absolute Gasteiger partial charge is 0.461 e. The number of benzene rings is 1. The van der Waals surface area contributed by atoms with Gasteiger partial charge >= 0.3 is 5.97 Å². The molecule has 8 nitrogen and oxygen atoms in total. The monoisotopic (exact) mass is 483 g/mol. The number of hydrogen-bond acceptors (Lipinski definition) is 6. The highest BCUT2D eigenvalue weighted by Crippen LogP contribution is 2.26. The van der Waals surface area contributed by atoms with E-state index in [0.717, 1.165) is 4.31 Å². The molecule has 0 saturated heterocycles. The number of Topliss-reactive ketones (excluding diaryl/α,β-unsaturated/α-hetero) is 1. The highest BCUT2D eigenvalue weighted by atomic mass is 32.2. The number of rotatable bonds is 10. The van der Waals surface area contributed by atoms with Gasteiger partial charge in [0.25, 0.3) is 0 Å². The Morgan fingerprint density at radius 1 is 1.03 bits per heavy atom. The molecule has 3 rings (SSSR count). The summed E-state index contributed by atoms with van der Waals surface area (Å²) in [4.78, 5) is 30.2. The number of pyridine rings is 1. The van der Waals surface area contributed by atoms with Gasteiger partial charge in [0, 0.05) is 36.7 Å². The van der Waals surface area contributed by atoms with E-state index in [0.29, 0.717) is 34.6 Å². The van der Waals surface area contributed by atoms with Crippen molar-refractivity contribution in [1.82, 2.24) is 13.9 Å². The third-order valence-corrected chi connectivity index (χ3v) is 7.45. The summed E-state index contributed by atoms with van der Waals surface area (Å²) in [7, 11) is -3.97. The zero-order valence-electron chi connectivity index (χ0n) is 19.8. The summed E-state index contributed by atoms with van der Waals surface area (Å²) in [6, 6.07) is 11.4. The van der Waals surface area contributed by atoms with E-state index in [1.807, 2.05) is 6.92 Å². The zero-order valence-corrected chi connectivity index (χ0v) is 20.6. The minimum absolute atomic E-state index is 0.00278. The molecule has 0 amide bonds. The van der Waals surface area contributed by atoms with Crippen LogP contribution in [-0.2, 0) is 27.8 Å². The van der Waals surface area contributed by atoms with Crippen molar-refractivity contribution in [1.29, 1.82) is 0 Å². The van der Waals surface area contributed by atoms with Gasteiger partial charge < -0.3 is 9.30 Å². The van der Waals surface area contributed by atoms with E-state index in [-0.39, 0.29) is 30.4 Å². The van der Waals surface area contributed by atoms with E-state index in [4.69, 9.17) is 4.74 Å². The molecule has 0 spiro atoms. The summed E-state index contributed by atoms with van der Waals surface area (Å²) in [5, 5.41) is 0. The van der Waals surface area contributed by atoms with Gasteiger partial charge in [0.05, 0.1) is 18.0 Å². The summed E-state index contributed by atoms with van der Waals surface area (Å²) in [5.74, 6) is -0.893. The number of carbonyl (C=O) groups excluding carboxylic acids is 2. The normalized spacial score (nSPS) is 11.6. The number of ether oxygens (including phenoxy) is 1. The SMILES string of the molecule is CCOC(=O)c1c(C)c(C(=O)CN(Cc2ccncc2)S(=O)(=O)c2ccccc2)c(C)n1CC. The number of esters is 1. The molecule has 0 atom stereocenters. The molecule has 0 bridgehead atoms. The summed E-state index contributed by atoms with van der Waals surface area (Å²) in [6.45, 7) is 7.35. The van der Waals surface area contributed by atoms with E-state index in [1.54, 1.807) is 68.1 Å². The van der Waals surface area contributed by atoms with Crippen LogP contribution in [0.1, 0.15) is 51.5 Å². The topological polar surface area (TPSA) is 98.6 Å². The van der Waals surface area contributed by atoms with Gasteiger partial charge in [-0.25, -0.2) is 13.2 Å². The molecule has 0 aliphatic heterocycles. The predicted octanol–water partition coefficient (Wildman–Crippen LogP) is 3.77. The van der Waals surface area contributed by atoms with Crippen molar-refractivity contribution in [2.24, 2.45) is 0 Å². The second-order valence-electron chi connectivity index (χ2n) is 7.76. The van der Waals surface area contributed by atoms with Gasteiger partial charge in [-0.3, -0.25) is 9.78 Å². The van der Waals surface area contributed by atoms with Crippen molar-refractivity contribution in [2.45, 2.75) is 45.7 Å². The van der Waals surface area contributed by atoms with Gasteiger partial charge in [-0.1, -0.05) is 18.2 Å². The lowest BCUT2D eigenvalue weighted by molar-refractivity contribution is 0.0512. The standard InChI is InChI=1S/C25H29N3O5S/c1-5-28-19(4)23(18(3)24(28)25(30)33-6-2)22(29)17-27(16-20-12-14-26-15-13-20)34(31,32)21-10-8-7-9-11-21/h7-15H,5-6,16-17H2,1-4H3. The molecule has 180 valence electrons. The summed E-state index contributed by atoms with van der Waals surface area (Å²) in [5.41, 5.74) is 2.46. The first kappa shape index (κ1) is 25.3. The lowest BCUT2D eigenvalue weighted by atomic mass is 10.1. The van der Waals surface area contributed by atoms with Crippen LogP contribution in [0.5, 0.6) is 0 Å². The van der Waals surface area contributed by atoms with Crippen LogP contribution in [0.25, 0.3) is 0 Å². The lowest BCUT2D eigenvalue weighted by Gasteiger charge is -2.22. The number of hydrogen-bond donors (Lipinski definition) is 0. The van der Waals surface area contributed by atoms with Crippen LogP contribution in [0.2, 0.25) is 0 Å². The van der Waals surface area contributed by atoms with Crippen molar-refractivity contribution < 1.29 is 22.7 Å². The Hall–Kier alpha value is -3.30. The number of nitrogens with zero attached hydrogens (tertiary/aromatic N) is 3. The maximum absolute atomic E-state index is 13.5. The van der Waals surface area contributed by atoms with Crippen molar-refractivity contribution in [3.8, 4) is 0 Å². The average Bonchev–Trinajstić information content (AvgIpc) is 3.09. The number of ketones is 1. The molecule has 9 heteroatoms. The van der Waals surface area contributed by atoms with Gasteiger partial charge in [-0.2, -0.15) is 4.31 Å². The van der Waals surface area contributed by atoms with Crippen molar-refractivity contribution >= 4 is 21.8 Å². The predicted molar refractivity (Wildman–Crippen MR) is 128 cm³/mol. The van der Waals surface area contributed by atoms with Crippen LogP contribution >= 0.6 is 0 Å².